The lowest BCUT2D eigenvalue weighted by Gasteiger charge is -2.21. The van der Waals surface area contributed by atoms with Crippen LogP contribution in [0.3, 0.4) is 0 Å². The number of nitrogens with zero attached hydrogens (tertiary/aromatic N) is 1. The molecule has 0 fully saturated rings. The Morgan fingerprint density at radius 1 is 1.14 bits per heavy atom. The van der Waals surface area contributed by atoms with E-state index in [-0.39, 0.29) is 4.90 Å². The molecular formula is C16H14BrNO2S. The fourth-order valence-corrected chi connectivity index (χ4v) is 3.74. The molecule has 0 spiro atoms. The number of sulfonamides is 1. The second-order valence-electron chi connectivity index (χ2n) is 4.40. The van der Waals surface area contributed by atoms with Gasteiger partial charge in [-0.1, -0.05) is 36.4 Å². The molecule has 0 N–H and O–H groups in total. The van der Waals surface area contributed by atoms with E-state index in [2.05, 4.69) is 28.2 Å². The molecule has 0 aliphatic rings. The van der Waals surface area contributed by atoms with Crippen LogP contribution in [0.1, 0.15) is 5.56 Å². The molecule has 0 bridgehead atoms. The number of hydrogen-bond donors (Lipinski definition) is 0. The average Bonchev–Trinajstić information content (AvgIpc) is 2.46. The first kappa shape index (κ1) is 15.6. The molecular weight excluding hydrogens is 350 g/mol. The fraction of sp³-hybridized carbons (Fsp3) is 0.0625. The standard InChI is InChI=1S/C16H14BrNO2S/c1-3-12-18(16-7-5-4-6-15(16)17)21(19,20)14-10-8-13(2)9-11-14/h4-12H,1H2,2H3. The zero-order chi connectivity index (χ0) is 15.5. The highest BCUT2D eigenvalue weighted by molar-refractivity contribution is 9.10. The summed E-state index contributed by atoms with van der Waals surface area (Å²) in [4.78, 5) is 0.218. The Balaban J connectivity index is 2.60. The largest absolute Gasteiger partial charge is 0.268 e. The number of hydrogen-bond acceptors (Lipinski definition) is 2. The maximum Gasteiger partial charge on any atom is 0.268 e. The lowest BCUT2D eigenvalue weighted by molar-refractivity contribution is 0.596. The maximum absolute atomic E-state index is 12.8. The predicted molar refractivity (Wildman–Crippen MR) is 88.7 cm³/mol. The van der Waals surface area contributed by atoms with E-state index >= 15 is 0 Å². The van der Waals surface area contributed by atoms with Crippen molar-refractivity contribution in [1.29, 1.82) is 0 Å². The second-order valence-corrected chi connectivity index (χ2v) is 7.07. The van der Waals surface area contributed by atoms with Crippen molar-refractivity contribution in [3.05, 3.63) is 77.1 Å². The van der Waals surface area contributed by atoms with Crippen molar-refractivity contribution in [3.63, 3.8) is 0 Å². The molecule has 5 heteroatoms. The Morgan fingerprint density at radius 3 is 2.33 bits per heavy atom. The van der Waals surface area contributed by atoms with E-state index in [1.54, 1.807) is 42.5 Å². The van der Waals surface area contributed by atoms with Crippen LogP contribution in [0.4, 0.5) is 5.69 Å². The summed E-state index contributed by atoms with van der Waals surface area (Å²) in [7, 11) is -3.71. The minimum atomic E-state index is -3.71. The summed E-state index contributed by atoms with van der Waals surface area (Å²) in [5, 5.41) is 0. The van der Waals surface area contributed by atoms with Crippen LogP contribution >= 0.6 is 15.9 Å². The number of para-hydroxylation sites is 1. The monoisotopic (exact) mass is 363 g/mol. The average molecular weight is 364 g/mol. The number of halogens is 1. The summed E-state index contributed by atoms with van der Waals surface area (Å²) < 4.78 is 27.4. The van der Waals surface area contributed by atoms with Crippen LogP contribution in [0.2, 0.25) is 0 Å². The summed E-state index contributed by atoms with van der Waals surface area (Å²) in [5.41, 5.74) is 4.04. The molecule has 3 nitrogen and oxygen atoms in total. The SMILES string of the molecule is C=C=CN(c1ccccc1Br)S(=O)(=O)c1ccc(C)cc1. The van der Waals surface area contributed by atoms with Gasteiger partial charge in [0.15, 0.2) is 0 Å². The van der Waals surface area contributed by atoms with Crippen molar-refractivity contribution in [3.8, 4) is 0 Å². The molecule has 21 heavy (non-hydrogen) atoms. The van der Waals surface area contributed by atoms with Crippen LogP contribution in [-0.2, 0) is 10.0 Å². The first-order valence-electron chi connectivity index (χ1n) is 6.18. The van der Waals surface area contributed by atoms with E-state index in [1.165, 1.54) is 6.20 Å². The second kappa shape index (κ2) is 6.31. The zero-order valence-electron chi connectivity index (χ0n) is 11.5. The van der Waals surface area contributed by atoms with E-state index in [0.717, 1.165) is 9.87 Å². The van der Waals surface area contributed by atoms with Crippen LogP contribution in [0, 0.1) is 6.92 Å². The van der Waals surface area contributed by atoms with Gasteiger partial charge in [0.2, 0.25) is 0 Å². The molecule has 0 unspecified atom stereocenters. The van der Waals surface area contributed by atoms with Crippen molar-refractivity contribution in [2.24, 2.45) is 0 Å². The van der Waals surface area contributed by atoms with Gasteiger partial charge in [-0.3, -0.25) is 0 Å². The van der Waals surface area contributed by atoms with Crippen molar-refractivity contribution in [1.82, 2.24) is 0 Å². The van der Waals surface area contributed by atoms with Crippen LogP contribution in [0.25, 0.3) is 0 Å². The molecule has 0 saturated carbocycles. The molecule has 0 radical (unpaired) electrons. The van der Waals surface area contributed by atoms with E-state index in [0.29, 0.717) is 10.2 Å². The highest BCUT2D eigenvalue weighted by Gasteiger charge is 2.24. The molecule has 0 aliphatic heterocycles. The number of benzene rings is 2. The molecule has 2 rings (SSSR count). The van der Waals surface area contributed by atoms with Crippen molar-refractivity contribution < 1.29 is 8.42 Å². The molecule has 108 valence electrons. The summed E-state index contributed by atoms with van der Waals surface area (Å²) in [6, 6.07) is 13.8. The molecule has 0 amide bonds. The van der Waals surface area contributed by atoms with Crippen molar-refractivity contribution >= 4 is 31.6 Å². The topological polar surface area (TPSA) is 37.4 Å². The number of aryl methyl sites for hydroxylation is 1. The molecule has 2 aromatic rings. The normalized spacial score (nSPS) is 10.8. The molecule has 0 aliphatic carbocycles. The van der Waals surface area contributed by atoms with Gasteiger partial charge >= 0.3 is 0 Å². The molecule has 0 heterocycles. The van der Waals surface area contributed by atoms with Crippen molar-refractivity contribution in [2.45, 2.75) is 11.8 Å². The third-order valence-electron chi connectivity index (χ3n) is 2.88. The quantitative estimate of drug-likeness (QED) is 0.761. The Kier molecular flexibility index (Phi) is 4.68. The van der Waals surface area contributed by atoms with Gasteiger partial charge in [-0.05, 0) is 47.1 Å². The van der Waals surface area contributed by atoms with Crippen LogP contribution in [-0.4, -0.2) is 8.42 Å². The van der Waals surface area contributed by atoms with Gasteiger partial charge < -0.3 is 0 Å². The zero-order valence-corrected chi connectivity index (χ0v) is 13.9. The Labute approximate surface area is 133 Å². The highest BCUT2D eigenvalue weighted by Crippen LogP contribution is 2.30. The van der Waals surface area contributed by atoms with Crippen LogP contribution < -0.4 is 4.31 Å². The summed E-state index contributed by atoms with van der Waals surface area (Å²) in [6.45, 7) is 5.38. The van der Waals surface area contributed by atoms with Crippen molar-refractivity contribution in [2.75, 3.05) is 4.31 Å². The summed E-state index contributed by atoms with van der Waals surface area (Å²) in [5.74, 6) is 0. The predicted octanol–water partition coefficient (Wildman–Crippen LogP) is 4.25. The van der Waals surface area contributed by atoms with Crippen LogP contribution in [0.5, 0.6) is 0 Å². The summed E-state index contributed by atoms with van der Waals surface area (Å²) >= 11 is 3.37. The third-order valence-corrected chi connectivity index (χ3v) is 5.23. The third kappa shape index (κ3) is 3.27. The highest BCUT2D eigenvalue weighted by atomic mass is 79.9. The van der Waals surface area contributed by atoms with Gasteiger partial charge in [0.05, 0.1) is 16.8 Å². The molecule has 0 atom stereocenters. The van der Waals surface area contributed by atoms with E-state index in [1.807, 2.05) is 13.0 Å². The molecule has 2 aromatic carbocycles. The Morgan fingerprint density at radius 2 is 1.76 bits per heavy atom. The van der Waals surface area contributed by atoms with Gasteiger partial charge in [0.25, 0.3) is 10.0 Å². The molecule has 0 saturated heterocycles. The lowest BCUT2D eigenvalue weighted by atomic mass is 10.2. The van der Waals surface area contributed by atoms with Gasteiger partial charge in [0.1, 0.15) is 0 Å². The van der Waals surface area contributed by atoms with Gasteiger partial charge in [-0.15, -0.1) is 5.73 Å². The number of anilines is 1. The number of rotatable bonds is 4. The summed E-state index contributed by atoms with van der Waals surface area (Å²) in [6.07, 6.45) is 1.31. The van der Waals surface area contributed by atoms with Crippen LogP contribution in [0.15, 0.2) is 76.4 Å². The van der Waals surface area contributed by atoms with E-state index in [4.69, 9.17) is 0 Å². The van der Waals surface area contributed by atoms with Gasteiger partial charge in [0, 0.05) is 4.47 Å². The maximum atomic E-state index is 12.8. The molecule has 0 aromatic heterocycles. The fourth-order valence-electron chi connectivity index (χ4n) is 1.81. The lowest BCUT2D eigenvalue weighted by Crippen LogP contribution is -2.25. The first-order valence-corrected chi connectivity index (χ1v) is 8.41. The van der Waals surface area contributed by atoms with E-state index in [9.17, 15) is 8.42 Å². The minimum Gasteiger partial charge on any atom is -0.233 e. The van der Waals surface area contributed by atoms with E-state index < -0.39 is 10.0 Å². The Bertz CT molecular complexity index is 791. The first-order chi connectivity index (χ1) is 9.96. The van der Waals surface area contributed by atoms with Gasteiger partial charge in [-0.25, -0.2) is 12.7 Å². The smallest absolute Gasteiger partial charge is 0.233 e. The minimum absolute atomic E-state index is 0.218. The Hall–Kier alpha value is -1.81. The van der Waals surface area contributed by atoms with Gasteiger partial charge in [-0.2, -0.15) is 0 Å².